The van der Waals surface area contributed by atoms with Gasteiger partial charge in [0.1, 0.15) is 0 Å². The smallest absolute Gasteiger partial charge is 0.227 e. The second kappa shape index (κ2) is 7.13. The average molecular weight is 343 g/mol. The molecule has 3 rings (SSSR count). The third kappa shape index (κ3) is 3.82. The SMILES string of the molecule is Cc1nc(-c2ccc(CC(=O)N3CCCC(C(N)=O)C3)cc2)cs1. The first-order valence-electron chi connectivity index (χ1n) is 8.11. The van der Waals surface area contributed by atoms with Gasteiger partial charge >= 0.3 is 0 Å². The summed E-state index contributed by atoms with van der Waals surface area (Å²) in [6.07, 6.45) is 1.96. The Labute approximate surface area is 145 Å². The number of piperidine rings is 1. The van der Waals surface area contributed by atoms with E-state index in [0.29, 0.717) is 19.5 Å². The Kier molecular flexibility index (Phi) is 4.94. The minimum Gasteiger partial charge on any atom is -0.369 e. The van der Waals surface area contributed by atoms with Crippen molar-refractivity contribution in [3.8, 4) is 11.3 Å². The van der Waals surface area contributed by atoms with Crippen LogP contribution in [-0.2, 0) is 16.0 Å². The fraction of sp³-hybridized carbons (Fsp3) is 0.389. The van der Waals surface area contributed by atoms with E-state index in [1.807, 2.05) is 36.6 Å². The maximum absolute atomic E-state index is 12.5. The number of likely N-dealkylation sites (tertiary alicyclic amines) is 1. The molecule has 1 atom stereocenters. The largest absolute Gasteiger partial charge is 0.369 e. The molecule has 2 N–H and O–H groups in total. The van der Waals surface area contributed by atoms with Gasteiger partial charge in [0.15, 0.2) is 0 Å². The molecule has 2 aromatic rings. The van der Waals surface area contributed by atoms with Crippen LogP contribution in [-0.4, -0.2) is 34.8 Å². The number of rotatable bonds is 4. The van der Waals surface area contributed by atoms with Crippen molar-refractivity contribution in [1.82, 2.24) is 9.88 Å². The number of carbonyl (C=O) groups is 2. The van der Waals surface area contributed by atoms with E-state index in [9.17, 15) is 9.59 Å². The fourth-order valence-corrected chi connectivity index (χ4v) is 3.63. The van der Waals surface area contributed by atoms with Gasteiger partial charge in [-0.2, -0.15) is 0 Å². The van der Waals surface area contributed by atoms with Crippen molar-refractivity contribution in [2.75, 3.05) is 13.1 Å². The lowest BCUT2D eigenvalue weighted by Crippen LogP contribution is -2.44. The molecule has 126 valence electrons. The van der Waals surface area contributed by atoms with Crippen molar-refractivity contribution in [1.29, 1.82) is 0 Å². The highest BCUT2D eigenvalue weighted by molar-refractivity contribution is 7.09. The van der Waals surface area contributed by atoms with Crippen LogP contribution < -0.4 is 5.73 Å². The van der Waals surface area contributed by atoms with Crippen molar-refractivity contribution >= 4 is 23.2 Å². The summed E-state index contributed by atoms with van der Waals surface area (Å²) in [4.78, 5) is 30.0. The molecule has 1 fully saturated rings. The van der Waals surface area contributed by atoms with Gasteiger partial charge in [0.05, 0.1) is 23.0 Å². The number of aromatic nitrogens is 1. The number of nitrogens with zero attached hydrogens (tertiary/aromatic N) is 2. The third-order valence-electron chi connectivity index (χ3n) is 4.40. The van der Waals surface area contributed by atoms with Crippen molar-refractivity contribution in [2.24, 2.45) is 11.7 Å². The summed E-state index contributed by atoms with van der Waals surface area (Å²) in [6, 6.07) is 7.94. The number of thiazole rings is 1. The Morgan fingerprint density at radius 2 is 2.08 bits per heavy atom. The number of hydrogen-bond acceptors (Lipinski definition) is 4. The molecule has 1 aliphatic heterocycles. The van der Waals surface area contributed by atoms with Gasteiger partial charge < -0.3 is 10.6 Å². The van der Waals surface area contributed by atoms with Gasteiger partial charge in [0.2, 0.25) is 11.8 Å². The topological polar surface area (TPSA) is 76.3 Å². The van der Waals surface area contributed by atoms with Gasteiger partial charge in [-0.1, -0.05) is 24.3 Å². The van der Waals surface area contributed by atoms with Crippen molar-refractivity contribution in [3.05, 3.63) is 40.2 Å². The zero-order valence-corrected chi connectivity index (χ0v) is 14.5. The van der Waals surface area contributed by atoms with Crippen LogP contribution >= 0.6 is 11.3 Å². The van der Waals surface area contributed by atoms with Crippen LogP contribution in [0.4, 0.5) is 0 Å². The second-order valence-electron chi connectivity index (χ2n) is 6.21. The van der Waals surface area contributed by atoms with Gasteiger partial charge in [-0.25, -0.2) is 4.98 Å². The highest BCUT2D eigenvalue weighted by Crippen LogP contribution is 2.22. The van der Waals surface area contributed by atoms with E-state index < -0.39 is 0 Å². The summed E-state index contributed by atoms with van der Waals surface area (Å²) in [7, 11) is 0. The van der Waals surface area contributed by atoms with Crippen LogP contribution in [0.5, 0.6) is 0 Å². The van der Waals surface area contributed by atoms with E-state index in [2.05, 4.69) is 4.98 Å². The molecule has 2 heterocycles. The van der Waals surface area contributed by atoms with E-state index in [4.69, 9.17) is 5.73 Å². The maximum atomic E-state index is 12.5. The van der Waals surface area contributed by atoms with Crippen LogP contribution in [0.15, 0.2) is 29.6 Å². The monoisotopic (exact) mass is 343 g/mol. The second-order valence-corrected chi connectivity index (χ2v) is 7.27. The quantitative estimate of drug-likeness (QED) is 0.926. The number of hydrogen-bond donors (Lipinski definition) is 1. The lowest BCUT2D eigenvalue weighted by atomic mass is 9.97. The normalized spacial score (nSPS) is 17.7. The zero-order valence-electron chi connectivity index (χ0n) is 13.7. The van der Waals surface area contributed by atoms with E-state index in [1.165, 1.54) is 0 Å². The van der Waals surface area contributed by atoms with E-state index in [-0.39, 0.29) is 17.7 Å². The number of amides is 2. The van der Waals surface area contributed by atoms with Crippen LogP contribution in [0.1, 0.15) is 23.4 Å². The standard InChI is InChI=1S/C18H21N3O2S/c1-12-20-16(11-24-12)14-6-4-13(5-7-14)9-17(22)21-8-2-3-15(10-21)18(19)23/h4-7,11,15H,2-3,8-10H2,1H3,(H2,19,23). The maximum Gasteiger partial charge on any atom is 0.227 e. The molecule has 0 radical (unpaired) electrons. The minimum absolute atomic E-state index is 0.0539. The van der Waals surface area contributed by atoms with Crippen molar-refractivity contribution < 1.29 is 9.59 Å². The number of benzene rings is 1. The first kappa shape index (κ1) is 16.6. The summed E-state index contributed by atoms with van der Waals surface area (Å²) >= 11 is 1.63. The molecule has 1 aromatic heterocycles. The van der Waals surface area contributed by atoms with Crippen molar-refractivity contribution in [2.45, 2.75) is 26.2 Å². The van der Waals surface area contributed by atoms with Gasteiger partial charge in [-0.3, -0.25) is 9.59 Å². The number of nitrogens with two attached hydrogens (primary N) is 1. The fourth-order valence-electron chi connectivity index (χ4n) is 3.01. The molecule has 1 aliphatic rings. The summed E-state index contributed by atoms with van der Waals surface area (Å²) in [5.74, 6) is -0.466. The summed E-state index contributed by atoms with van der Waals surface area (Å²) in [5.41, 5.74) is 8.37. The third-order valence-corrected chi connectivity index (χ3v) is 5.17. The van der Waals surface area contributed by atoms with E-state index in [0.717, 1.165) is 34.7 Å². The lowest BCUT2D eigenvalue weighted by Gasteiger charge is -2.31. The Morgan fingerprint density at radius 1 is 1.33 bits per heavy atom. The molecule has 0 saturated carbocycles. The van der Waals surface area contributed by atoms with Crippen molar-refractivity contribution in [3.63, 3.8) is 0 Å². The molecule has 2 amide bonds. The Morgan fingerprint density at radius 3 is 2.71 bits per heavy atom. The Bertz CT molecular complexity index is 739. The van der Waals surface area contributed by atoms with Gasteiger partial charge in [0.25, 0.3) is 0 Å². The van der Waals surface area contributed by atoms with E-state index in [1.54, 1.807) is 16.2 Å². The molecule has 24 heavy (non-hydrogen) atoms. The lowest BCUT2D eigenvalue weighted by molar-refractivity contribution is -0.134. The number of aryl methyl sites for hydroxylation is 1. The molecule has 1 aromatic carbocycles. The molecular weight excluding hydrogens is 322 g/mol. The van der Waals surface area contributed by atoms with Crippen LogP contribution in [0.3, 0.4) is 0 Å². The van der Waals surface area contributed by atoms with Gasteiger partial charge in [0, 0.05) is 24.0 Å². The van der Waals surface area contributed by atoms with Gasteiger partial charge in [-0.05, 0) is 25.3 Å². The predicted molar refractivity (Wildman–Crippen MR) is 94.5 cm³/mol. The number of primary amides is 1. The molecule has 1 unspecified atom stereocenters. The van der Waals surface area contributed by atoms with Crippen LogP contribution in [0.2, 0.25) is 0 Å². The van der Waals surface area contributed by atoms with E-state index >= 15 is 0 Å². The Hall–Kier alpha value is -2.21. The van der Waals surface area contributed by atoms with Gasteiger partial charge in [-0.15, -0.1) is 11.3 Å². The molecule has 1 saturated heterocycles. The summed E-state index contributed by atoms with van der Waals surface area (Å²) in [6.45, 7) is 3.14. The molecule has 0 spiro atoms. The molecule has 5 nitrogen and oxygen atoms in total. The van der Waals surface area contributed by atoms with Crippen LogP contribution in [0.25, 0.3) is 11.3 Å². The predicted octanol–water partition coefficient (Wildman–Crippen LogP) is 2.38. The summed E-state index contributed by atoms with van der Waals surface area (Å²) < 4.78 is 0. The molecule has 6 heteroatoms. The average Bonchev–Trinajstić information content (AvgIpc) is 3.02. The minimum atomic E-state index is -0.310. The van der Waals surface area contributed by atoms with Crippen LogP contribution in [0, 0.1) is 12.8 Å². The Balaban J connectivity index is 1.63. The zero-order chi connectivity index (χ0) is 17.1. The highest BCUT2D eigenvalue weighted by atomic mass is 32.1. The number of carbonyl (C=O) groups excluding carboxylic acids is 2. The molecule has 0 bridgehead atoms. The first-order chi connectivity index (χ1) is 11.5. The first-order valence-corrected chi connectivity index (χ1v) is 8.99. The summed E-state index contributed by atoms with van der Waals surface area (Å²) in [5, 5.41) is 3.08. The highest BCUT2D eigenvalue weighted by Gasteiger charge is 2.26. The molecular formula is C18H21N3O2S. The molecule has 0 aliphatic carbocycles.